The van der Waals surface area contributed by atoms with Gasteiger partial charge in [-0.15, -0.1) is 0 Å². The van der Waals surface area contributed by atoms with Gasteiger partial charge in [0.25, 0.3) is 0 Å². The molecule has 9 heteroatoms. The fourth-order valence-electron chi connectivity index (χ4n) is 4.40. The molecule has 0 bridgehead atoms. The summed E-state index contributed by atoms with van der Waals surface area (Å²) in [5.41, 5.74) is 0. The Balaban J connectivity index is 1.34. The number of piperidine rings is 1. The van der Waals surface area contributed by atoms with Crippen LogP contribution in [0.3, 0.4) is 0 Å². The van der Waals surface area contributed by atoms with Crippen molar-refractivity contribution in [3.05, 3.63) is 12.3 Å². The fourth-order valence-corrected chi connectivity index (χ4v) is 4.40. The third-order valence-electron chi connectivity index (χ3n) is 5.91. The van der Waals surface area contributed by atoms with Crippen LogP contribution in [-0.2, 0) is 14.3 Å². The molecule has 2 unspecified atom stereocenters. The molecule has 0 aromatic carbocycles. The molecular weight excluding hydrogens is 376 g/mol. The summed E-state index contributed by atoms with van der Waals surface area (Å²) in [6.45, 7) is 3.10. The third-order valence-corrected chi connectivity index (χ3v) is 5.91. The predicted molar refractivity (Wildman–Crippen MR) is 102 cm³/mol. The molecule has 0 aliphatic carbocycles. The van der Waals surface area contributed by atoms with Gasteiger partial charge in [-0.1, -0.05) is 0 Å². The number of amides is 2. The van der Waals surface area contributed by atoms with E-state index in [1.807, 2.05) is 9.80 Å². The van der Waals surface area contributed by atoms with Gasteiger partial charge in [0.05, 0.1) is 19.6 Å². The van der Waals surface area contributed by atoms with Gasteiger partial charge in [-0.2, -0.15) is 4.98 Å². The van der Waals surface area contributed by atoms with Gasteiger partial charge in [0.2, 0.25) is 17.7 Å². The van der Waals surface area contributed by atoms with Crippen LogP contribution in [0.25, 0.3) is 0 Å². The largest absolute Gasteiger partial charge is 0.472 e. The van der Waals surface area contributed by atoms with E-state index in [2.05, 4.69) is 9.97 Å². The van der Waals surface area contributed by atoms with Crippen molar-refractivity contribution in [1.82, 2.24) is 19.8 Å². The highest BCUT2D eigenvalue weighted by atomic mass is 16.5. The molecule has 29 heavy (non-hydrogen) atoms. The maximum absolute atomic E-state index is 13.1. The first-order chi connectivity index (χ1) is 14.1. The number of rotatable bonds is 5. The minimum absolute atomic E-state index is 0.0569. The average molecular weight is 404 g/mol. The zero-order valence-corrected chi connectivity index (χ0v) is 16.8. The topological polar surface area (TPSA) is 94.1 Å². The first kappa shape index (κ1) is 19.9. The highest BCUT2D eigenvalue weighted by Crippen LogP contribution is 2.27. The van der Waals surface area contributed by atoms with Crippen LogP contribution in [0.1, 0.15) is 32.1 Å². The average Bonchev–Trinajstić information content (AvgIpc) is 3.16. The van der Waals surface area contributed by atoms with Crippen LogP contribution in [0.15, 0.2) is 12.3 Å². The van der Waals surface area contributed by atoms with Gasteiger partial charge in [0.1, 0.15) is 6.10 Å². The summed E-state index contributed by atoms with van der Waals surface area (Å²) in [4.78, 5) is 37.5. The highest BCUT2D eigenvalue weighted by molar-refractivity contribution is 5.89. The Morgan fingerprint density at radius 2 is 2.07 bits per heavy atom. The Morgan fingerprint density at radius 1 is 1.24 bits per heavy atom. The zero-order valence-electron chi connectivity index (χ0n) is 16.8. The molecule has 0 saturated carbocycles. The lowest BCUT2D eigenvalue weighted by molar-refractivity contribution is -0.138. The number of ether oxygens (including phenoxy) is 3. The summed E-state index contributed by atoms with van der Waals surface area (Å²) in [6.07, 6.45) is 5.19. The molecule has 9 nitrogen and oxygen atoms in total. The van der Waals surface area contributed by atoms with Crippen molar-refractivity contribution in [2.45, 2.75) is 44.2 Å². The predicted octanol–water partition coefficient (Wildman–Crippen LogP) is 0.883. The summed E-state index contributed by atoms with van der Waals surface area (Å²) >= 11 is 0. The Labute approximate surface area is 170 Å². The number of carbonyl (C=O) groups excluding carboxylic acids is 2. The van der Waals surface area contributed by atoms with E-state index in [4.69, 9.17) is 14.2 Å². The standard InChI is InChI=1S/C20H28N4O5/c1-27-20-21-7-4-17(22-20)29-16-3-2-8-23(13-16)19(26)14-11-18(25)24(12-14)15-5-9-28-10-6-15/h4,7,14-16H,2-3,5-6,8-13H2,1H3. The van der Waals surface area contributed by atoms with Crippen LogP contribution in [-0.4, -0.2) is 83.7 Å². The van der Waals surface area contributed by atoms with Gasteiger partial charge in [-0.05, 0) is 25.7 Å². The van der Waals surface area contributed by atoms with Crippen molar-refractivity contribution in [2.24, 2.45) is 5.92 Å². The van der Waals surface area contributed by atoms with Crippen molar-refractivity contribution in [1.29, 1.82) is 0 Å². The van der Waals surface area contributed by atoms with Crippen molar-refractivity contribution in [2.75, 3.05) is 40.0 Å². The summed E-state index contributed by atoms with van der Waals surface area (Å²) in [6, 6.07) is 2.15. The van der Waals surface area contributed by atoms with Crippen molar-refractivity contribution < 1.29 is 23.8 Å². The number of hydrogen-bond donors (Lipinski definition) is 0. The molecule has 0 radical (unpaired) electrons. The van der Waals surface area contributed by atoms with E-state index in [0.717, 1.165) is 25.7 Å². The van der Waals surface area contributed by atoms with Gasteiger partial charge >= 0.3 is 6.01 Å². The summed E-state index contributed by atoms with van der Waals surface area (Å²) in [7, 11) is 1.51. The van der Waals surface area contributed by atoms with Gasteiger partial charge in [0, 0.05) is 51.0 Å². The van der Waals surface area contributed by atoms with Crippen LogP contribution in [0.2, 0.25) is 0 Å². The number of aromatic nitrogens is 2. The van der Waals surface area contributed by atoms with Crippen LogP contribution in [0.5, 0.6) is 11.9 Å². The molecule has 0 spiro atoms. The van der Waals surface area contributed by atoms with Crippen LogP contribution in [0, 0.1) is 5.92 Å². The second-order valence-electron chi connectivity index (χ2n) is 7.84. The van der Waals surface area contributed by atoms with Gasteiger partial charge < -0.3 is 24.0 Å². The molecule has 2 atom stereocenters. The monoisotopic (exact) mass is 404 g/mol. The van der Waals surface area contributed by atoms with Gasteiger partial charge in [-0.3, -0.25) is 9.59 Å². The molecule has 1 aromatic heterocycles. The zero-order chi connectivity index (χ0) is 20.2. The quantitative estimate of drug-likeness (QED) is 0.719. The highest BCUT2D eigenvalue weighted by Gasteiger charge is 2.40. The van der Waals surface area contributed by atoms with E-state index in [1.165, 1.54) is 7.11 Å². The summed E-state index contributed by atoms with van der Waals surface area (Å²) in [5, 5.41) is 0. The third kappa shape index (κ3) is 4.60. The molecule has 1 aromatic rings. The van der Waals surface area contributed by atoms with E-state index in [1.54, 1.807) is 12.3 Å². The van der Waals surface area contributed by atoms with Crippen LogP contribution in [0.4, 0.5) is 0 Å². The number of methoxy groups -OCH3 is 1. The fraction of sp³-hybridized carbons (Fsp3) is 0.700. The minimum atomic E-state index is -0.261. The second-order valence-corrected chi connectivity index (χ2v) is 7.84. The molecule has 3 aliphatic rings. The number of carbonyl (C=O) groups is 2. The Bertz CT molecular complexity index is 739. The Morgan fingerprint density at radius 3 is 2.86 bits per heavy atom. The van der Waals surface area contributed by atoms with E-state index in [0.29, 0.717) is 45.1 Å². The number of nitrogens with zero attached hydrogens (tertiary/aromatic N) is 4. The minimum Gasteiger partial charge on any atom is -0.472 e. The molecule has 2 amide bonds. The first-order valence-electron chi connectivity index (χ1n) is 10.3. The number of hydrogen-bond acceptors (Lipinski definition) is 7. The van der Waals surface area contributed by atoms with Gasteiger partial charge in [0.15, 0.2) is 0 Å². The van der Waals surface area contributed by atoms with E-state index in [-0.39, 0.29) is 35.9 Å². The van der Waals surface area contributed by atoms with Crippen LogP contribution < -0.4 is 9.47 Å². The van der Waals surface area contributed by atoms with E-state index >= 15 is 0 Å². The molecule has 158 valence electrons. The smallest absolute Gasteiger partial charge is 0.319 e. The summed E-state index contributed by atoms with van der Waals surface area (Å²) < 4.78 is 16.4. The molecule has 3 fully saturated rings. The lowest BCUT2D eigenvalue weighted by Crippen LogP contribution is -2.47. The molecule has 4 heterocycles. The number of likely N-dealkylation sites (tertiary alicyclic amines) is 2. The first-order valence-corrected chi connectivity index (χ1v) is 10.3. The Hall–Kier alpha value is -2.42. The lowest BCUT2D eigenvalue weighted by Gasteiger charge is -2.34. The van der Waals surface area contributed by atoms with Crippen molar-refractivity contribution in [3.63, 3.8) is 0 Å². The lowest BCUT2D eigenvalue weighted by atomic mass is 10.0. The Kier molecular flexibility index (Phi) is 6.13. The van der Waals surface area contributed by atoms with E-state index in [9.17, 15) is 9.59 Å². The molecule has 3 aliphatic heterocycles. The SMILES string of the molecule is COc1nccc(OC2CCCN(C(=O)C3CC(=O)N(C4CCOCC4)C3)C2)n1. The molecule has 3 saturated heterocycles. The maximum Gasteiger partial charge on any atom is 0.319 e. The van der Waals surface area contributed by atoms with Gasteiger partial charge in [-0.25, -0.2) is 4.98 Å². The molecule has 4 rings (SSSR count). The van der Waals surface area contributed by atoms with Crippen LogP contribution >= 0.6 is 0 Å². The molecule has 0 N–H and O–H groups in total. The second kappa shape index (κ2) is 8.94. The normalized spacial score (nSPS) is 25.9. The van der Waals surface area contributed by atoms with E-state index < -0.39 is 0 Å². The summed E-state index contributed by atoms with van der Waals surface area (Å²) in [5.74, 6) is 0.329. The van der Waals surface area contributed by atoms with Crippen molar-refractivity contribution in [3.8, 4) is 11.9 Å². The maximum atomic E-state index is 13.1. The van der Waals surface area contributed by atoms with Crippen molar-refractivity contribution >= 4 is 11.8 Å². The molecular formula is C20H28N4O5.